The van der Waals surface area contributed by atoms with E-state index in [0.717, 1.165) is 18.4 Å². The molecule has 1 saturated carbocycles. The molecular weight excluding hydrogens is 294 g/mol. The summed E-state index contributed by atoms with van der Waals surface area (Å²) in [7, 11) is 0. The van der Waals surface area contributed by atoms with E-state index in [0.29, 0.717) is 0 Å². The molecule has 0 radical (unpaired) electrons. The van der Waals surface area contributed by atoms with Crippen LogP contribution >= 0.6 is 22.7 Å². The Hall–Kier alpha value is -0.640. The molecule has 3 rings (SSSR count). The van der Waals surface area contributed by atoms with E-state index in [-0.39, 0.29) is 0 Å². The summed E-state index contributed by atoms with van der Waals surface area (Å²) in [6.07, 6.45) is 7.13. The van der Waals surface area contributed by atoms with Crippen LogP contribution in [0.4, 0.5) is 0 Å². The van der Waals surface area contributed by atoms with Gasteiger partial charge in [-0.3, -0.25) is 0 Å². The Labute approximate surface area is 136 Å². The maximum atomic E-state index is 3.68. The first-order valence-electron chi connectivity index (χ1n) is 8.17. The highest BCUT2D eigenvalue weighted by Crippen LogP contribution is 2.31. The van der Waals surface area contributed by atoms with Gasteiger partial charge in [0.15, 0.2) is 0 Å². The first-order chi connectivity index (χ1) is 10.3. The fraction of sp³-hybridized carbons (Fsp3) is 0.556. The lowest BCUT2D eigenvalue weighted by Crippen LogP contribution is -2.25. The van der Waals surface area contributed by atoms with E-state index in [1.54, 1.807) is 0 Å². The molecule has 2 heterocycles. The number of rotatable bonds is 6. The first-order valence-corrected chi connectivity index (χ1v) is 9.93. The topological polar surface area (TPSA) is 12.0 Å². The van der Waals surface area contributed by atoms with Gasteiger partial charge in [0.2, 0.25) is 0 Å². The molecule has 1 N–H and O–H groups in total. The summed E-state index contributed by atoms with van der Waals surface area (Å²) < 4.78 is 0. The monoisotopic (exact) mass is 319 g/mol. The predicted molar refractivity (Wildman–Crippen MR) is 95.1 cm³/mol. The second-order valence-corrected chi connectivity index (χ2v) is 8.15. The normalized spacial score (nSPS) is 22.5. The highest BCUT2D eigenvalue weighted by Gasteiger charge is 2.19. The molecule has 2 aromatic rings. The summed E-state index contributed by atoms with van der Waals surface area (Å²) in [5.41, 5.74) is 1.38. The second kappa shape index (κ2) is 7.57. The van der Waals surface area contributed by atoms with Gasteiger partial charge < -0.3 is 5.32 Å². The smallest absolute Gasteiger partial charge is 0.0351 e. The fourth-order valence-corrected chi connectivity index (χ4v) is 4.93. The summed E-state index contributed by atoms with van der Waals surface area (Å²) in [5.74, 6) is 1.91. The highest BCUT2D eigenvalue weighted by molar-refractivity contribution is 7.14. The van der Waals surface area contributed by atoms with Crippen molar-refractivity contribution in [1.29, 1.82) is 0 Å². The van der Waals surface area contributed by atoms with E-state index in [2.05, 4.69) is 41.2 Å². The molecule has 3 heteroatoms. The Morgan fingerprint density at radius 1 is 1.14 bits per heavy atom. The van der Waals surface area contributed by atoms with Crippen LogP contribution in [0.15, 0.2) is 29.0 Å². The van der Waals surface area contributed by atoms with Crippen LogP contribution < -0.4 is 5.32 Å². The van der Waals surface area contributed by atoms with Crippen LogP contribution in [0.1, 0.15) is 43.9 Å². The van der Waals surface area contributed by atoms with Crippen molar-refractivity contribution >= 4 is 22.7 Å². The van der Waals surface area contributed by atoms with E-state index in [1.807, 2.05) is 22.7 Å². The van der Waals surface area contributed by atoms with Crippen LogP contribution in [0.2, 0.25) is 0 Å². The van der Waals surface area contributed by atoms with Crippen molar-refractivity contribution in [2.45, 2.75) is 45.6 Å². The number of hydrogen-bond acceptors (Lipinski definition) is 3. The van der Waals surface area contributed by atoms with Gasteiger partial charge in [-0.1, -0.05) is 32.3 Å². The SMILES string of the molecule is CCC1CCC(CNCc2cc(-c3cccs3)cs2)CC1. The van der Waals surface area contributed by atoms with Crippen molar-refractivity contribution < 1.29 is 0 Å². The van der Waals surface area contributed by atoms with E-state index < -0.39 is 0 Å². The Balaban J connectivity index is 1.42. The summed E-state index contributed by atoms with van der Waals surface area (Å²) in [5, 5.41) is 8.11. The molecule has 0 unspecified atom stereocenters. The summed E-state index contributed by atoms with van der Waals surface area (Å²) >= 11 is 3.71. The van der Waals surface area contributed by atoms with Crippen LogP contribution in [-0.2, 0) is 6.54 Å². The largest absolute Gasteiger partial charge is 0.312 e. The van der Waals surface area contributed by atoms with E-state index in [9.17, 15) is 0 Å². The molecule has 0 atom stereocenters. The zero-order chi connectivity index (χ0) is 14.5. The minimum absolute atomic E-state index is 0.907. The Kier molecular flexibility index (Phi) is 5.50. The predicted octanol–water partition coefficient (Wildman–Crippen LogP) is 5.78. The van der Waals surface area contributed by atoms with E-state index >= 15 is 0 Å². The minimum atomic E-state index is 0.907. The maximum Gasteiger partial charge on any atom is 0.0351 e. The van der Waals surface area contributed by atoms with Crippen LogP contribution in [0, 0.1) is 11.8 Å². The molecule has 1 aliphatic rings. The molecule has 0 bridgehead atoms. The minimum Gasteiger partial charge on any atom is -0.312 e. The summed E-state index contributed by atoms with van der Waals surface area (Å²) in [4.78, 5) is 2.84. The molecule has 21 heavy (non-hydrogen) atoms. The molecule has 1 aliphatic carbocycles. The van der Waals surface area contributed by atoms with Gasteiger partial charge in [0.25, 0.3) is 0 Å². The lowest BCUT2D eigenvalue weighted by molar-refractivity contribution is 0.262. The van der Waals surface area contributed by atoms with Crippen LogP contribution in [-0.4, -0.2) is 6.54 Å². The third-order valence-corrected chi connectivity index (χ3v) is 6.59. The van der Waals surface area contributed by atoms with E-state index in [1.165, 1.54) is 54.0 Å². The molecule has 114 valence electrons. The maximum absolute atomic E-state index is 3.68. The molecule has 0 spiro atoms. The molecule has 2 aromatic heterocycles. The summed E-state index contributed by atoms with van der Waals surface area (Å²) in [6, 6.07) is 6.68. The van der Waals surface area contributed by atoms with Gasteiger partial charge in [-0.05, 0) is 54.1 Å². The molecule has 0 aromatic carbocycles. The lowest BCUT2D eigenvalue weighted by atomic mass is 9.81. The van der Waals surface area contributed by atoms with Crippen LogP contribution in [0.3, 0.4) is 0 Å². The molecule has 1 fully saturated rings. The van der Waals surface area contributed by atoms with Crippen LogP contribution in [0.25, 0.3) is 10.4 Å². The van der Waals surface area contributed by atoms with Gasteiger partial charge in [0.05, 0.1) is 0 Å². The van der Waals surface area contributed by atoms with Gasteiger partial charge >= 0.3 is 0 Å². The fourth-order valence-electron chi connectivity index (χ4n) is 3.29. The van der Waals surface area contributed by atoms with Gasteiger partial charge in [-0.2, -0.15) is 0 Å². The number of nitrogens with one attached hydrogen (secondary N) is 1. The Morgan fingerprint density at radius 3 is 2.67 bits per heavy atom. The molecule has 0 aliphatic heterocycles. The molecular formula is C18H25NS2. The van der Waals surface area contributed by atoms with E-state index in [4.69, 9.17) is 0 Å². The van der Waals surface area contributed by atoms with Crippen LogP contribution in [0.5, 0.6) is 0 Å². The van der Waals surface area contributed by atoms with Gasteiger partial charge in [-0.15, -0.1) is 22.7 Å². The van der Waals surface area contributed by atoms with Crippen molar-refractivity contribution in [2.75, 3.05) is 6.54 Å². The average Bonchev–Trinajstić information content (AvgIpc) is 3.19. The van der Waals surface area contributed by atoms with Gasteiger partial charge in [-0.25, -0.2) is 0 Å². The quantitative estimate of drug-likeness (QED) is 0.711. The Morgan fingerprint density at radius 2 is 1.95 bits per heavy atom. The van der Waals surface area contributed by atoms with Crippen molar-refractivity contribution in [3.05, 3.63) is 33.8 Å². The molecule has 1 nitrogen and oxygen atoms in total. The second-order valence-electron chi connectivity index (χ2n) is 6.20. The number of hydrogen-bond donors (Lipinski definition) is 1. The molecule has 0 amide bonds. The first kappa shape index (κ1) is 15.3. The van der Waals surface area contributed by atoms with Gasteiger partial charge in [0, 0.05) is 21.9 Å². The number of thiophene rings is 2. The summed E-state index contributed by atoms with van der Waals surface area (Å²) in [6.45, 7) is 4.57. The average molecular weight is 320 g/mol. The third kappa shape index (κ3) is 4.18. The highest BCUT2D eigenvalue weighted by atomic mass is 32.1. The van der Waals surface area contributed by atoms with Crippen molar-refractivity contribution in [3.63, 3.8) is 0 Å². The van der Waals surface area contributed by atoms with Gasteiger partial charge in [0.1, 0.15) is 0 Å². The lowest BCUT2D eigenvalue weighted by Gasteiger charge is -2.27. The third-order valence-electron chi connectivity index (χ3n) is 4.74. The standard InChI is InChI=1S/C18H25NS2/c1-2-14-5-7-15(8-6-14)11-19-12-17-10-16(13-21-17)18-4-3-9-20-18/h3-4,9-10,13-15,19H,2,5-8,11-12H2,1H3. The zero-order valence-corrected chi connectivity index (χ0v) is 14.4. The van der Waals surface area contributed by atoms with Crippen molar-refractivity contribution in [3.8, 4) is 10.4 Å². The molecule has 0 saturated heterocycles. The Bertz CT molecular complexity index is 521. The van der Waals surface area contributed by atoms with Crippen molar-refractivity contribution in [2.24, 2.45) is 11.8 Å². The zero-order valence-electron chi connectivity index (χ0n) is 12.8. The van der Waals surface area contributed by atoms with Crippen molar-refractivity contribution in [1.82, 2.24) is 5.32 Å².